The summed E-state index contributed by atoms with van der Waals surface area (Å²) in [7, 11) is 0. The van der Waals surface area contributed by atoms with Gasteiger partial charge in [0, 0.05) is 24.4 Å². The van der Waals surface area contributed by atoms with Crippen molar-refractivity contribution in [3.63, 3.8) is 0 Å². The molecule has 0 spiro atoms. The lowest BCUT2D eigenvalue weighted by atomic mass is 10.2. The topological polar surface area (TPSA) is 109 Å². The molecule has 1 fully saturated rings. The van der Waals surface area contributed by atoms with Crippen molar-refractivity contribution in [3.05, 3.63) is 0 Å². The first-order valence-corrected chi connectivity index (χ1v) is 8.17. The smallest absolute Gasteiger partial charge is 0.232 e. The van der Waals surface area contributed by atoms with Crippen LogP contribution in [0, 0.1) is 0 Å². The van der Waals surface area contributed by atoms with E-state index >= 15 is 0 Å². The summed E-state index contributed by atoms with van der Waals surface area (Å²) < 4.78 is 5.32. The number of aromatic nitrogens is 3. The number of aliphatic hydroxyl groups is 1. The average molecular weight is 314 g/mol. The van der Waals surface area contributed by atoms with Crippen molar-refractivity contribution in [3.8, 4) is 0 Å². The van der Waals surface area contributed by atoms with Gasteiger partial charge in [-0.05, 0) is 13.2 Å². The third kappa shape index (κ3) is 4.32. The van der Waals surface area contributed by atoms with Crippen molar-refractivity contribution >= 4 is 29.6 Å². The number of aliphatic hydroxyl groups excluding tert-OH is 1. The zero-order valence-electron chi connectivity index (χ0n) is 12.3. The van der Waals surface area contributed by atoms with Gasteiger partial charge in [0.15, 0.2) is 0 Å². The molecular formula is C12H22N6O2S. The summed E-state index contributed by atoms with van der Waals surface area (Å²) in [6.07, 6.45) is 1.96. The Morgan fingerprint density at radius 1 is 1.38 bits per heavy atom. The molecule has 1 aromatic heterocycles. The molecule has 9 heteroatoms. The lowest BCUT2D eigenvalue weighted by Crippen LogP contribution is -2.38. The van der Waals surface area contributed by atoms with Crippen LogP contribution in [0.25, 0.3) is 0 Å². The van der Waals surface area contributed by atoms with Crippen molar-refractivity contribution in [2.24, 2.45) is 0 Å². The highest BCUT2D eigenvalue weighted by Crippen LogP contribution is 2.17. The van der Waals surface area contributed by atoms with E-state index in [2.05, 4.69) is 20.3 Å². The Kier molecular flexibility index (Phi) is 5.83. The van der Waals surface area contributed by atoms with E-state index in [0.717, 1.165) is 13.1 Å². The summed E-state index contributed by atoms with van der Waals surface area (Å²) in [4.78, 5) is 14.7. The number of thioether (sulfide) groups is 1. The second-order valence-corrected chi connectivity index (χ2v) is 5.88. The molecule has 0 radical (unpaired) electrons. The van der Waals surface area contributed by atoms with Crippen LogP contribution in [0.15, 0.2) is 0 Å². The third-order valence-corrected chi connectivity index (χ3v) is 4.49. The second kappa shape index (κ2) is 7.62. The number of nitrogens with one attached hydrogen (secondary N) is 1. The first-order chi connectivity index (χ1) is 10.1. The minimum Gasteiger partial charge on any atom is -0.395 e. The van der Waals surface area contributed by atoms with Crippen LogP contribution in [0.4, 0.5) is 17.8 Å². The van der Waals surface area contributed by atoms with E-state index in [1.54, 1.807) is 11.8 Å². The normalized spacial score (nSPS) is 18.3. The van der Waals surface area contributed by atoms with Crippen LogP contribution >= 0.6 is 11.8 Å². The van der Waals surface area contributed by atoms with Gasteiger partial charge in [-0.15, -0.1) is 0 Å². The number of morpholine rings is 1. The number of hydrogen-bond acceptors (Lipinski definition) is 9. The number of ether oxygens (including phenoxy) is 1. The number of nitrogen functional groups attached to an aromatic ring is 1. The molecule has 0 saturated carbocycles. The van der Waals surface area contributed by atoms with Crippen molar-refractivity contribution in [1.82, 2.24) is 15.0 Å². The fraction of sp³-hybridized carbons (Fsp3) is 0.750. The van der Waals surface area contributed by atoms with E-state index in [9.17, 15) is 5.11 Å². The zero-order valence-corrected chi connectivity index (χ0v) is 13.1. The predicted octanol–water partition coefficient (Wildman–Crippen LogP) is -0.185. The minimum absolute atomic E-state index is 0.0179. The van der Waals surface area contributed by atoms with E-state index in [1.807, 2.05) is 18.1 Å². The number of nitrogens with zero attached hydrogens (tertiary/aromatic N) is 4. The van der Waals surface area contributed by atoms with Crippen molar-refractivity contribution in [2.45, 2.75) is 18.2 Å². The number of nitrogens with two attached hydrogens (primary N) is 1. The summed E-state index contributed by atoms with van der Waals surface area (Å²) in [5, 5.41) is 12.6. The highest BCUT2D eigenvalue weighted by Gasteiger charge is 2.19. The zero-order chi connectivity index (χ0) is 15.2. The molecule has 118 valence electrons. The van der Waals surface area contributed by atoms with Crippen LogP contribution in [0.3, 0.4) is 0 Å². The van der Waals surface area contributed by atoms with Gasteiger partial charge in [-0.1, -0.05) is 0 Å². The minimum atomic E-state index is 0.0179. The lowest BCUT2D eigenvalue weighted by molar-refractivity contribution is 0.122. The molecular weight excluding hydrogens is 292 g/mol. The Labute approximate surface area is 128 Å². The Morgan fingerprint density at radius 3 is 2.71 bits per heavy atom. The van der Waals surface area contributed by atoms with Crippen molar-refractivity contribution in [1.29, 1.82) is 0 Å². The number of anilines is 3. The van der Waals surface area contributed by atoms with E-state index < -0.39 is 0 Å². The molecule has 4 N–H and O–H groups in total. The van der Waals surface area contributed by atoms with Gasteiger partial charge in [-0.3, -0.25) is 0 Å². The first kappa shape index (κ1) is 16.1. The molecule has 2 unspecified atom stereocenters. The maximum atomic E-state index is 9.33. The first-order valence-electron chi connectivity index (χ1n) is 6.88. The molecule has 2 atom stereocenters. The van der Waals surface area contributed by atoms with E-state index in [4.69, 9.17) is 10.5 Å². The summed E-state index contributed by atoms with van der Waals surface area (Å²) >= 11 is 1.59. The number of rotatable bonds is 6. The maximum Gasteiger partial charge on any atom is 0.232 e. The summed E-state index contributed by atoms with van der Waals surface area (Å²) in [6.45, 7) is 4.86. The Balaban J connectivity index is 2.10. The number of hydrogen-bond donors (Lipinski definition) is 3. The molecule has 2 heterocycles. The maximum absolute atomic E-state index is 9.33. The van der Waals surface area contributed by atoms with E-state index in [0.29, 0.717) is 25.1 Å². The van der Waals surface area contributed by atoms with E-state index in [1.165, 1.54) is 0 Å². The molecule has 2 rings (SSSR count). The molecule has 0 bridgehead atoms. The summed E-state index contributed by atoms with van der Waals surface area (Å²) in [6, 6.07) is 0.0179. The van der Waals surface area contributed by atoms with Crippen molar-refractivity contribution < 1.29 is 9.84 Å². The SMILES string of the molecule is CSC(CO)C(C)Nc1nc(N)nc(N2CCOCC2)n1. The molecule has 8 nitrogen and oxygen atoms in total. The fourth-order valence-electron chi connectivity index (χ4n) is 2.08. The van der Waals surface area contributed by atoms with Gasteiger partial charge in [0.1, 0.15) is 0 Å². The fourth-order valence-corrected chi connectivity index (χ4v) is 2.71. The lowest BCUT2D eigenvalue weighted by Gasteiger charge is -2.27. The third-order valence-electron chi connectivity index (χ3n) is 3.33. The van der Waals surface area contributed by atoms with Gasteiger partial charge < -0.3 is 25.8 Å². The van der Waals surface area contributed by atoms with Gasteiger partial charge in [0.25, 0.3) is 0 Å². The average Bonchev–Trinajstić information content (AvgIpc) is 2.49. The molecule has 1 aromatic rings. The Hall–Kier alpha value is -1.32. The van der Waals surface area contributed by atoms with Crippen LogP contribution in [0.2, 0.25) is 0 Å². The quantitative estimate of drug-likeness (QED) is 0.658. The summed E-state index contributed by atoms with van der Waals surface area (Å²) in [5.41, 5.74) is 5.77. The molecule has 21 heavy (non-hydrogen) atoms. The van der Waals surface area contributed by atoms with Crippen LogP contribution in [-0.2, 0) is 4.74 Å². The van der Waals surface area contributed by atoms with Crippen molar-refractivity contribution in [2.75, 3.05) is 55.1 Å². The van der Waals surface area contributed by atoms with Gasteiger partial charge in [-0.25, -0.2) is 0 Å². The van der Waals surface area contributed by atoms with Gasteiger partial charge in [0.2, 0.25) is 17.8 Å². The highest BCUT2D eigenvalue weighted by molar-refractivity contribution is 7.99. The van der Waals surface area contributed by atoms with Gasteiger partial charge in [0.05, 0.1) is 19.8 Å². The molecule has 1 aliphatic heterocycles. The Bertz CT molecular complexity index is 453. The Morgan fingerprint density at radius 2 is 2.10 bits per heavy atom. The second-order valence-electron chi connectivity index (χ2n) is 4.81. The van der Waals surface area contributed by atoms with E-state index in [-0.39, 0.29) is 23.8 Å². The standard InChI is InChI=1S/C12H22N6O2S/c1-8(9(7-19)21-2)14-11-15-10(13)16-12(17-11)18-3-5-20-6-4-18/h8-9,19H,3-7H2,1-2H3,(H3,13,14,15,16,17). The molecule has 0 aromatic carbocycles. The predicted molar refractivity (Wildman–Crippen MR) is 84.7 cm³/mol. The molecule has 1 aliphatic rings. The van der Waals surface area contributed by atoms with Crippen LogP contribution in [0.1, 0.15) is 6.92 Å². The van der Waals surface area contributed by atoms with Gasteiger partial charge >= 0.3 is 0 Å². The van der Waals surface area contributed by atoms with Crippen LogP contribution in [-0.4, -0.2) is 70.5 Å². The molecule has 0 amide bonds. The molecule has 1 saturated heterocycles. The highest BCUT2D eigenvalue weighted by atomic mass is 32.2. The van der Waals surface area contributed by atoms with Crippen LogP contribution < -0.4 is 16.0 Å². The largest absolute Gasteiger partial charge is 0.395 e. The molecule has 0 aliphatic carbocycles. The monoisotopic (exact) mass is 314 g/mol. The van der Waals surface area contributed by atoms with Gasteiger partial charge in [-0.2, -0.15) is 26.7 Å². The summed E-state index contributed by atoms with van der Waals surface area (Å²) in [5.74, 6) is 1.18. The van der Waals surface area contributed by atoms with Crippen LogP contribution in [0.5, 0.6) is 0 Å².